The molecule has 2 aromatic rings. The normalized spacial score (nSPS) is 10.2. The second kappa shape index (κ2) is 6.24. The van der Waals surface area contributed by atoms with E-state index >= 15 is 0 Å². The van der Waals surface area contributed by atoms with Crippen LogP contribution in [0.1, 0.15) is 10.4 Å². The molecule has 0 saturated heterocycles. The van der Waals surface area contributed by atoms with Gasteiger partial charge in [0.1, 0.15) is 5.75 Å². The van der Waals surface area contributed by atoms with Crippen LogP contribution in [0.3, 0.4) is 0 Å². The summed E-state index contributed by atoms with van der Waals surface area (Å²) >= 11 is 5.85. The Bertz CT molecular complexity index is 555. The quantitative estimate of drug-likeness (QED) is 0.910. The molecular formula is C13H14ClN3O2. The SMILES string of the molecule is COc1cc(Cl)ccc1C(=O)NCCn1ccnc1. The maximum absolute atomic E-state index is 12.0. The van der Waals surface area contributed by atoms with Crippen molar-refractivity contribution in [3.8, 4) is 5.75 Å². The van der Waals surface area contributed by atoms with E-state index in [1.807, 2.05) is 10.8 Å². The number of nitrogens with one attached hydrogen (secondary N) is 1. The van der Waals surface area contributed by atoms with Crippen molar-refractivity contribution < 1.29 is 9.53 Å². The third-order valence-electron chi connectivity index (χ3n) is 2.62. The van der Waals surface area contributed by atoms with Gasteiger partial charge < -0.3 is 14.6 Å². The van der Waals surface area contributed by atoms with Crippen LogP contribution < -0.4 is 10.1 Å². The number of amides is 1. The van der Waals surface area contributed by atoms with Gasteiger partial charge in [0.05, 0.1) is 19.0 Å². The first-order valence-electron chi connectivity index (χ1n) is 5.78. The van der Waals surface area contributed by atoms with Crippen molar-refractivity contribution in [2.45, 2.75) is 6.54 Å². The van der Waals surface area contributed by atoms with Gasteiger partial charge in [-0.05, 0) is 18.2 Å². The van der Waals surface area contributed by atoms with E-state index in [0.29, 0.717) is 29.4 Å². The van der Waals surface area contributed by atoms with Gasteiger partial charge in [0, 0.05) is 30.5 Å². The van der Waals surface area contributed by atoms with E-state index in [1.165, 1.54) is 7.11 Å². The molecule has 0 aliphatic carbocycles. The summed E-state index contributed by atoms with van der Waals surface area (Å²) < 4.78 is 7.03. The monoisotopic (exact) mass is 279 g/mol. The van der Waals surface area contributed by atoms with Crippen LogP contribution in [0, 0.1) is 0 Å². The number of ether oxygens (including phenoxy) is 1. The Balaban J connectivity index is 1.96. The van der Waals surface area contributed by atoms with E-state index in [2.05, 4.69) is 10.3 Å². The second-order valence-electron chi connectivity index (χ2n) is 3.90. The highest BCUT2D eigenvalue weighted by molar-refractivity contribution is 6.30. The number of imidazole rings is 1. The average Bonchev–Trinajstić information content (AvgIpc) is 2.91. The highest BCUT2D eigenvalue weighted by Crippen LogP contribution is 2.22. The molecule has 2 rings (SSSR count). The van der Waals surface area contributed by atoms with Gasteiger partial charge in [0.15, 0.2) is 0 Å². The Morgan fingerprint density at radius 1 is 1.53 bits per heavy atom. The minimum Gasteiger partial charge on any atom is -0.496 e. The van der Waals surface area contributed by atoms with E-state index in [0.717, 1.165) is 0 Å². The molecular weight excluding hydrogens is 266 g/mol. The number of hydrogen-bond donors (Lipinski definition) is 1. The molecule has 0 atom stereocenters. The zero-order valence-corrected chi connectivity index (χ0v) is 11.2. The van der Waals surface area contributed by atoms with Gasteiger partial charge >= 0.3 is 0 Å². The number of aromatic nitrogens is 2. The molecule has 0 spiro atoms. The molecule has 1 aromatic carbocycles. The first kappa shape index (κ1) is 13.4. The van der Waals surface area contributed by atoms with E-state index in [4.69, 9.17) is 16.3 Å². The molecule has 1 amide bonds. The zero-order valence-electron chi connectivity index (χ0n) is 10.5. The van der Waals surface area contributed by atoms with E-state index in [-0.39, 0.29) is 5.91 Å². The summed E-state index contributed by atoms with van der Waals surface area (Å²) in [7, 11) is 1.51. The molecule has 0 radical (unpaired) electrons. The van der Waals surface area contributed by atoms with Crippen molar-refractivity contribution in [1.82, 2.24) is 14.9 Å². The number of nitrogens with zero attached hydrogens (tertiary/aromatic N) is 2. The topological polar surface area (TPSA) is 56.1 Å². The molecule has 0 fully saturated rings. The summed E-state index contributed by atoms with van der Waals surface area (Å²) in [6.45, 7) is 1.18. The van der Waals surface area contributed by atoms with Gasteiger partial charge in [-0.15, -0.1) is 0 Å². The van der Waals surface area contributed by atoms with Crippen molar-refractivity contribution >= 4 is 17.5 Å². The van der Waals surface area contributed by atoms with Crippen molar-refractivity contribution in [3.05, 3.63) is 47.5 Å². The zero-order chi connectivity index (χ0) is 13.7. The lowest BCUT2D eigenvalue weighted by Gasteiger charge is -2.09. The van der Waals surface area contributed by atoms with E-state index in [1.54, 1.807) is 30.7 Å². The molecule has 6 heteroatoms. The van der Waals surface area contributed by atoms with Crippen LogP contribution in [0.15, 0.2) is 36.9 Å². The van der Waals surface area contributed by atoms with Crippen molar-refractivity contribution in [2.24, 2.45) is 0 Å². The van der Waals surface area contributed by atoms with Crippen LogP contribution in [-0.4, -0.2) is 29.1 Å². The van der Waals surface area contributed by atoms with Crippen LogP contribution in [0.4, 0.5) is 0 Å². The van der Waals surface area contributed by atoms with Gasteiger partial charge in [0.25, 0.3) is 5.91 Å². The number of carbonyl (C=O) groups is 1. The first-order chi connectivity index (χ1) is 9.20. The standard InChI is InChI=1S/C13H14ClN3O2/c1-19-12-8-10(14)2-3-11(12)13(18)16-5-7-17-6-4-15-9-17/h2-4,6,8-9H,5,7H2,1H3,(H,16,18). The number of carbonyl (C=O) groups excluding carboxylic acids is 1. The predicted molar refractivity (Wildman–Crippen MR) is 72.6 cm³/mol. The van der Waals surface area contributed by atoms with Crippen molar-refractivity contribution in [2.75, 3.05) is 13.7 Å². The van der Waals surface area contributed by atoms with Crippen LogP contribution in [0.25, 0.3) is 0 Å². The van der Waals surface area contributed by atoms with Crippen molar-refractivity contribution in [3.63, 3.8) is 0 Å². The van der Waals surface area contributed by atoms with Crippen molar-refractivity contribution in [1.29, 1.82) is 0 Å². The molecule has 0 unspecified atom stereocenters. The number of methoxy groups -OCH3 is 1. The molecule has 5 nitrogen and oxygen atoms in total. The maximum Gasteiger partial charge on any atom is 0.255 e. The Labute approximate surface area is 116 Å². The fourth-order valence-corrected chi connectivity index (χ4v) is 1.83. The van der Waals surface area contributed by atoms with Gasteiger partial charge in [-0.3, -0.25) is 4.79 Å². The highest BCUT2D eigenvalue weighted by Gasteiger charge is 2.11. The number of rotatable bonds is 5. The number of halogens is 1. The van der Waals surface area contributed by atoms with Gasteiger partial charge in [-0.2, -0.15) is 0 Å². The smallest absolute Gasteiger partial charge is 0.255 e. The van der Waals surface area contributed by atoms with E-state index < -0.39 is 0 Å². The molecule has 1 aromatic heterocycles. The third-order valence-corrected chi connectivity index (χ3v) is 2.86. The minimum atomic E-state index is -0.186. The third kappa shape index (κ3) is 3.48. The lowest BCUT2D eigenvalue weighted by molar-refractivity contribution is 0.0949. The van der Waals surface area contributed by atoms with Crippen LogP contribution in [0.5, 0.6) is 5.75 Å². The fraction of sp³-hybridized carbons (Fsp3) is 0.231. The lowest BCUT2D eigenvalue weighted by atomic mass is 10.2. The number of benzene rings is 1. The molecule has 1 heterocycles. The maximum atomic E-state index is 12.0. The van der Waals surface area contributed by atoms with Crippen LogP contribution in [0.2, 0.25) is 5.02 Å². The largest absolute Gasteiger partial charge is 0.496 e. The number of hydrogen-bond acceptors (Lipinski definition) is 3. The highest BCUT2D eigenvalue weighted by atomic mass is 35.5. The predicted octanol–water partition coefficient (Wildman–Crippen LogP) is 1.98. The molecule has 0 aliphatic heterocycles. The van der Waals surface area contributed by atoms with E-state index in [9.17, 15) is 4.79 Å². The summed E-state index contributed by atoms with van der Waals surface area (Å²) in [5, 5.41) is 3.35. The molecule has 100 valence electrons. The molecule has 0 aliphatic rings. The second-order valence-corrected chi connectivity index (χ2v) is 4.34. The summed E-state index contributed by atoms with van der Waals surface area (Å²) in [5.74, 6) is 0.279. The first-order valence-corrected chi connectivity index (χ1v) is 6.16. The van der Waals surface area contributed by atoms with Crippen LogP contribution >= 0.6 is 11.6 Å². The van der Waals surface area contributed by atoms with Gasteiger partial charge in [-0.1, -0.05) is 11.6 Å². The molecule has 0 saturated carbocycles. The molecule has 1 N–H and O–H groups in total. The average molecular weight is 280 g/mol. The summed E-state index contributed by atoms with van der Waals surface area (Å²) in [5.41, 5.74) is 0.470. The Hall–Kier alpha value is -2.01. The summed E-state index contributed by atoms with van der Waals surface area (Å²) in [6, 6.07) is 4.93. The summed E-state index contributed by atoms with van der Waals surface area (Å²) in [6.07, 6.45) is 5.24. The Morgan fingerprint density at radius 3 is 3.05 bits per heavy atom. The Kier molecular flexibility index (Phi) is 4.41. The lowest BCUT2D eigenvalue weighted by Crippen LogP contribution is -2.27. The van der Waals surface area contributed by atoms with Gasteiger partial charge in [0.2, 0.25) is 0 Å². The molecule has 19 heavy (non-hydrogen) atoms. The minimum absolute atomic E-state index is 0.186. The Morgan fingerprint density at radius 2 is 2.37 bits per heavy atom. The fourth-order valence-electron chi connectivity index (χ4n) is 1.67. The molecule has 0 bridgehead atoms. The van der Waals surface area contributed by atoms with Crippen LogP contribution in [-0.2, 0) is 6.54 Å². The summed E-state index contributed by atoms with van der Waals surface area (Å²) in [4.78, 5) is 15.9. The van der Waals surface area contributed by atoms with Gasteiger partial charge in [-0.25, -0.2) is 4.98 Å².